The molecule has 0 radical (unpaired) electrons. The maximum atomic E-state index is 12.5. The number of halogens is 2. The Morgan fingerprint density at radius 3 is 2.55 bits per heavy atom. The third-order valence-electron chi connectivity index (χ3n) is 4.13. The minimum Gasteiger partial charge on any atom is -0.496 e. The van der Waals surface area contributed by atoms with Crippen LogP contribution >= 0.6 is 43.2 Å². The van der Waals surface area contributed by atoms with Crippen LogP contribution in [0.5, 0.6) is 5.75 Å². The van der Waals surface area contributed by atoms with Crippen molar-refractivity contribution in [3.05, 3.63) is 74.7 Å². The second kappa shape index (κ2) is 8.52. The third-order valence-corrected chi connectivity index (χ3v) is 6.04. The minimum atomic E-state index is -0.342. The molecule has 1 N–H and O–H groups in total. The summed E-state index contributed by atoms with van der Waals surface area (Å²) in [4.78, 5) is 17.0. The average Bonchev–Trinajstić information content (AvgIpc) is 3.38. The molecule has 4 rings (SSSR count). The van der Waals surface area contributed by atoms with Gasteiger partial charge in [-0.15, -0.1) is 11.3 Å². The van der Waals surface area contributed by atoms with E-state index >= 15 is 0 Å². The zero-order valence-corrected chi connectivity index (χ0v) is 19.1. The molecule has 2 aromatic heterocycles. The topological polar surface area (TPSA) is 64.4 Å². The van der Waals surface area contributed by atoms with Crippen LogP contribution in [-0.2, 0) is 0 Å². The Hall–Kier alpha value is -2.42. The van der Waals surface area contributed by atoms with E-state index in [0.29, 0.717) is 10.9 Å². The van der Waals surface area contributed by atoms with E-state index in [4.69, 9.17) is 9.15 Å². The number of rotatable bonds is 5. The van der Waals surface area contributed by atoms with Crippen LogP contribution in [0, 0.1) is 0 Å². The van der Waals surface area contributed by atoms with Gasteiger partial charge in [0.2, 0.25) is 0 Å². The minimum absolute atomic E-state index is 0.229. The molecule has 146 valence electrons. The van der Waals surface area contributed by atoms with E-state index in [0.717, 1.165) is 31.5 Å². The SMILES string of the molecule is COc1ccc(-c2csc(NC(=O)c3ccc(-c4ccc(Br)cc4)o3)n2)cc1Br. The third kappa shape index (κ3) is 4.44. The van der Waals surface area contributed by atoms with Gasteiger partial charge in [-0.2, -0.15) is 0 Å². The molecule has 0 spiro atoms. The molecule has 4 aromatic rings. The van der Waals surface area contributed by atoms with Gasteiger partial charge >= 0.3 is 0 Å². The Bertz CT molecular complexity index is 1170. The van der Waals surface area contributed by atoms with Crippen molar-refractivity contribution in [2.24, 2.45) is 0 Å². The number of thiazole rings is 1. The molecule has 0 atom stereocenters. The molecule has 2 aromatic carbocycles. The molecule has 2 heterocycles. The van der Waals surface area contributed by atoms with Crippen molar-refractivity contribution in [2.75, 3.05) is 12.4 Å². The van der Waals surface area contributed by atoms with Crippen molar-refractivity contribution in [2.45, 2.75) is 0 Å². The molecule has 0 saturated carbocycles. The van der Waals surface area contributed by atoms with E-state index in [1.54, 1.807) is 19.2 Å². The van der Waals surface area contributed by atoms with E-state index in [1.807, 2.05) is 47.8 Å². The molecule has 0 unspecified atom stereocenters. The van der Waals surface area contributed by atoms with Gasteiger partial charge in [-0.05, 0) is 58.4 Å². The van der Waals surface area contributed by atoms with Gasteiger partial charge < -0.3 is 9.15 Å². The monoisotopic (exact) mass is 532 g/mol. The molecule has 1 amide bonds. The molecular formula is C21H14Br2N2O3S. The second-order valence-corrected chi connectivity index (χ2v) is 8.64. The predicted octanol–water partition coefficient (Wildman–Crippen LogP) is 6.86. The summed E-state index contributed by atoms with van der Waals surface area (Å²) in [6.45, 7) is 0. The Morgan fingerprint density at radius 1 is 1.07 bits per heavy atom. The Morgan fingerprint density at radius 2 is 1.83 bits per heavy atom. The van der Waals surface area contributed by atoms with Gasteiger partial charge in [-0.25, -0.2) is 4.98 Å². The van der Waals surface area contributed by atoms with Crippen LogP contribution in [0.2, 0.25) is 0 Å². The smallest absolute Gasteiger partial charge is 0.293 e. The van der Waals surface area contributed by atoms with Crippen LogP contribution in [0.15, 0.2) is 73.3 Å². The molecule has 5 nitrogen and oxygen atoms in total. The number of amides is 1. The summed E-state index contributed by atoms with van der Waals surface area (Å²) in [5, 5.41) is 5.18. The molecule has 29 heavy (non-hydrogen) atoms. The fourth-order valence-electron chi connectivity index (χ4n) is 2.68. The molecule has 0 aliphatic heterocycles. The van der Waals surface area contributed by atoms with Gasteiger partial charge in [0.05, 0.1) is 17.3 Å². The lowest BCUT2D eigenvalue weighted by atomic mass is 10.2. The lowest BCUT2D eigenvalue weighted by Crippen LogP contribution is -2.10. The number of anilines is 1. The maximum absolute atomic E-state index is 12.5. The number of furan rings is 1. The number of aromatic nitrogens is 1. The summed E-state index contributed by atoms with van der Waals surface area (Å²) in [7, 11) is 1.62. The summed E-state index contributed by atoms with van der Waals surface area (Å²) in [6.07, 6.45) is 0. The van der Waals surface area contributed by atoms with Crippen molar-refractivity contribution in [1.82, 2.24) is 4.98 Å². The number of hydrogen-bond donors (Lipinski definition) is 1. The van der Waals surface area contributed by atoms with Crippen molar-refractivity contribution < 1.29 is 13.9 Å². The second-order valence-electron chi connectivity index (χ2n) is 6.01. The van der Waals surface area contributed by atoms with E-state index < -0.39 is 0 Å². The molecule has 0 saturated heterocycles. The van der Waals surface area contributed by atoms with Gasteiger partial charge in [0.15, 0.2) is 10.9 Å². The molecule has 0 fully saturated rings. The van der Waals surface area contributed by atoms with Crippen LogP contribution in [0.3, 0.4) is 0 Å². The Kier molecular flexibility index (Phi) is 5.84. The van der Waals surface area contributed by atoms with E-state index in [1.165, 1.54) is 11.3 Å². The van der Waals surface area contributed by atoms with Gasteiger partial charge in [0.25, 0.3) is 5.91 Å². The number of ether oxygens (including phenoxy) is 1. The van der Waals surface area contributed by atoms with Gasteiger partial charge in [0, 0.05) is 21.0 Å². The van der Waals surface area contributed by atoms with Crippen LogP contribution in [0.25, 0.3) is 22.6 Å². The fraction of sp³-hybridized carbons (Fsp3) is 0.0476. The number of carbonyl (C=O) groups excluding carboxylic acids is 1. The van der Waals surface area contributed by atoms with Crippen LogP contribution in [0.1, 0.15) is 10.6 Å². The van der Waals surface area contributed by atoms with Crippen molar-refractivity contribution in [3.63, 3.8) is 0 Å². The number of nitrogens with zero attached hydrogens (tertiary/aromatic N) is 1. The zero-order chi connectivity index (χ0) is 20.4. The van der Waals surface area contributed by atoms with E-state index in [-0.39, 0.29) is 11.7 Å². The maximum Gasteiger partial charge on any atom is 0.293 e. The van der Waals surface area contributed by atoms with E-state index in [2.05, 4.69) is 42.2 Å². The predicted molar refractivity (Wildman–Crippen MR) is 122 cm³/mol. The lowest BCUT2D eigenvalue weighted by Gasteiger charge is -2.04. The summed E-state index contributed by atoms with van der Waals surface area (Å²) in [6, 6.07) is 16.8. The quantitative estimate of drug-likeness (QED) is 0.304. The highest BCUT2D eigenvalue weighted by Gasteiger charge is 2.15. The Balaban J connectivity index is 1.48. The first-order valence-corrected chi connectivity index (χ1v) is 11.0. The average molecular weight is 534 g/mol. The largest absolute Gasteiger partial charge is 0.496 e. The number of nitrogens with one attached hydrogen (secondary N) is 1. The fourth-order valence-corrected chi connectivity index (χ4v) is 4.20. The molecule has 0 aliphatic carbocycles. The lowest BCUT2D eigenvalue weighted by molar-refractivity contribution is 0.0997. The number of methoxy groups -OCH3 is 1. The van der Waals surface area contributed by atoms with Gasteiger partial charge in [-0.3, -0.25) is 10.1 Å². The highest BCUT2D eigenvalue weighted by Crippen LogP contribution is 2.32. The van der Waals surface area contributed by atoms with Crippen molar-refractivity contribution in [3.8, 4) is 28.3 Å². The summed E-state index contributed by atoms with van der Waals surface area (Å²) < 4.78 is 12.8. The van der Waals surface area contributed by atoms with Crippen LogP contribution in [0.4, 0.5) is 5.13 Å². The molecule has 0 bridgehead atoms. The molecule has 8 heteroatoms. The zero-order valence-electron chi connectivity index (χ0n) is 15.1. The van der Waals surface area contributed by atoms with Crippen molar-refractivity contribution in [1.29, 1.82) is 0 Å². The van der Waals surface area contributed by atoms with Gasteiger partial charge in [-0.1, -0.05) is 28.1 Å². The highest BCUT2D eigenvalue weighted by molar-refractivity contribution is 9.10. The first-order valence-electron chi connectivity index (χ1n) is 8.50. The molecular weight excluding hydrogens is 520 g/mol. The van der Waals surface area contributed by atoms with Gasteiger partial charge in [0.1, 0.15) is 11.5 Å². The standard InChI is InChI=1S/C21H14Br2N2O3S/c1-27-18-7-4-13(10-15(18)23)16-11-29-21(24-16)25-20(26)19-9-8-17(28-19)12-2-5-14(22)6-3-12/h2-11H,1H3,(H,24,25,26). The first-order chi connectivity index (χ1) is 14.0. The van der Waals surface area contributed by atoms with Crippen LogP contribution < -0.4 is 10.1 Å². The normalized spacial score (nSPS) is 10.7. The summed E-state index contributed by atoms with van der Waals surface area (Å²) in [5.41, 5.74) is 2.59. The highest BCUT2D eigenvalue weighted by atomic mass is 79.9. The number of hydrogen-bond acceptors (Lipinski definition) is 5. The number of carbonyl (C=O) groups is 1. The van der Waals surface area contributed by atoms with E-state index in [9.17, 15) is 4.79 Å². The Labute approximate surface area is 188 Å². The van der Waals surface area contributed by atoms with Crippen molar-refractivity contribution >= 4 is 54.2 Å². The molecule has 0 aliphatic rings. The number of benzene rings is 2. The summed E-state index contributed by atoms with van der Waals surface area (Å²) in [5.74, 6) is 1.26. The van der Waals surface area contributed by atoms with Crippen LogP contribution in [-0.4, -0.2) is 18.0 Å². The summed E-state index contributed by atoms with van der Waals surface area (Å²) >= 11 is 8.23. The first kappa shape index (κ1) is 19.9.